The van der Waals surface area contributed by atoms with Gasteiger partial charge in [-0.25, -0.2) is 0 Å². The second-order valence-electron chi connectivity index (χ2n) is 3.56. The van der Waals surface area contributed by atoms with Crippen LogP contribution in [0.3, 0.4) is 0 Å². The van der Waals surface area contributed by atoms with Crippen LogP contribution in [0.2, 0.25) is 0 Å². The van der Waals surface area contributed by atoms with Crippen LogP contribution >= 0.6 is 11.6 Å². The van der Waals surface area contributed by atoms with Crippen molar-refractivity contribution < 1.29 is 9.90 Å². The molecular formula is C11H15ClO2. The molecule has 2 nitrogen and oxygen atoms in total. The predicted octanol–water partition coefficient (Wildman–Crippen LogP) is 2.42. The SMILES string of the molecule is C=C(Cl)/C(=C\C)C(O)C1CCCC1=O. The fraction of sp³-hybridized carbons (Fsp3) is 0.545. The van der Waals surface area contributed by atoms with Crippen LogP contribution in [0.25, 0.3) is 0 Å². The highest BCUT2D eigenvalue weighted by atomic mass is 35.5. The molecule has 0 radical (unpaired) electrons. The minimum Gasteiger partial charge on any atom is -0.388 e. The molecule has 0 aromatic heterocycles. The highest BCUT2D eigenvalue weighted by molar-refractivity contribution is 6.31. The van der Waals surface area contributed by atoms with Gasteiger partial charge in [0.2, 0.25) is 0 Å². The van der Waals surface area contributed by atoms with E-state index >= 15 is 0 Å². The minimum absolute atomic E-state index is 0.134. The summed E-state index contributed by atoms with van der Waals surface area (Å²) in [6.07, 6.45) is 3.13. The van der Waals surface area contributed by atoms with E-state index in [4.69, 9.17) is 11.6 Å². The van der Waals surface area contributed by atoms with Crippen LogP contribution in [0.5, 0.6) is 0 Å². The Morgan fingerprint density at radius 2 is 2.43 bits per heavy atom. The molecule has 0 aliphatic heterocycles. The molecule has 2 atom stereocenters. The lowest BCUT2D eigenvalue weighted by Gasteiger charge is -2.19. The summed E-state index contributed by atoms with van der Waals surface area (Å²) in [5, 5.41) is 10.2. The van der Waals surface area contributed by atoms with Gasteiger partial charge in [-0.05, 0) is 25.3 Å². The van der Waals surface area contributed by atoms with Gasteiger partial charge >= 0.3 is 0 Å². The maximum absolute atomic E-state index is 11.4. The molecule has 1 saturated carbocycles. The number of aliphatic hydroxyl groups excluding tert-OH is 1. The zero-order chi connectivity index (χ0) is 10.7. The Hall–Kier alpha value is -0.600. The summed E-state index contributed by atoms with van der Waals surface area (Å²) in [6.45, 7) is 5.35. The van der Waals surface area contributed by atoms with Gasteiger partial charge in [-0.1, -0.05) is 24.3 Å². The van der Waals surface area contributed by atoms with Gasteiger partial charge in [0.1, 0.15) is 5.78 Å². The van der Waals surface area contributed by atoms with Gasteiger partial charge in [-0.15, -0.1) is 0 Å². The minimum atomic E-state index is -0.778. The summed E-state index contributed by atoms with van der Waals surface area (Å²) in [5.74, 6) is -0.147. The van der Waals surface area contributed by atoms with Crippen molar-refractivity contribution in [2.45, 2.75) is 32.3 Å². The number of halogens is 1. The van der Waals surface area contributed by atoms with Crippen LogP contribution in [0.15, 0.2) is 23.3 Å². The fourth-order valence-corrected chi connectivity index (χ4v) is 2.10. The highest BCUT2D eigenvalue weighted by Crippen LogP contribution is 2.30. The molecule has 78 valence electrons. The molecule has 0 aromatic rings. The van der Waals surface area contributed by atoms with Crippen molar-refractivity contribution in [3.05, 3.63) is 23.3 Å². The molecule has 1 rings (SSSR count). The molecule has 1 aliphatic carbocycles. The maximum Gasteiger partial charge on any atom is 0.138 e. The largest absolute Gasteiger partial charge is 0.388 e. The molecule has 0 saturated heterocycles. The number of Topliss-reactive ketones (excluding diaryl/α,β-unsaturated/α-hetero) is 1. The molecule has 0 heterocycles. The summed E-state index contributed by atoms with van der Waals surface area (Å²) < 4.78 is 0. The van der Waals surface area contributed by atoms with E-state index in [9.17, 15) is 9.90 Å². The lowest BCUT2D eigenvalue weighted by molar-refractivity contribution is -0.122. The van der Waals surface area contributed by atoms with Gasteiger partial charge in [0.05, 0.1) is 6.10 Å². The van der Waals surface area contributed by atoms with Crippen molar-refractivity contribution >= 4 is 17.4 Å². The van der Waals surface area contributed by atoms with Gasteiger partial charge in [0, 0.05) is 17.4 Å². The van der Waals surface area contributed by atoms with Crippen LogP contribution in [0.4, 0.5) is 0 Å². The standard InChI is InChI=1S/C11H15ClO2/c1-3-8(7(2)12)11(14)9-5-4-6-10(9)13/h3,9,11,14H,2,4-6H2,1H3/b8-3+. The van der Waals surface area contributed by atoms with Crippen LogP contribution < -0.4 is 0 Å². The van der Waals surface area contributed by atoms with Crippen molar-refractivity contribution in [1.29, 1.82) is 0 Å². The highest BCUT2D eigenvalue weighted by Gasteiger charge is 2.33. The second kappa shape index (κ2) is 4.76. The maximum atomic E-state index is 11.4. The van der Waals surface area contributed by atoms with Gasteiger partial charge in [0.25, 0.3) is 0 Å². The number of ketones is 1. The number of rotatable bonds is 3. The van der Waals surface area contributed by atoms with Crippen LogP contribution in [0, 0.1) is 5.92 Å². The number of allylic oxidation sites excluding steroid dienone is 1. The molecule has 3 heteroatoms. The monoisotopic (exact) mass is 214 g/mol. The fourth-order valence-electron chi connectivity index (χ4n) is 1.88. The quantitative estimate of drug-likeness (QED) is 0.733. The van der Waals surface area contributed by atoms with Crippen molar-refractivity contribution in [2.24, 2.45) is 5.92 Å². The van der Waals surface area contributed by atoms with E-state index in [-0.39, 0.29) is 11.7 Å². The molecule has 2 unspecified atom stereocenters. The number of hydrogen-bond donors (Lipinski definition) is 1. The van der Waals surface area contributed by atoms with E-state index in [0.717, 1.165) is 12.8 Å². The summed E-state index contributed by atoms with van der Waals surface area (Å²) in [6, 6.07) is 0. The molecule has 0 amide bonds. The Bertz CT molecular complexity index is 281. The Morgan fingerprint density at radius 1 is 1.79 bits per heavy atom. The topological polar surface area (TPSA) is 37.3 Å². The number of hydrogen-bond acceptors (Lipinski definition) is 2. The third-order valence-electron chi connectivity index (χ3n) is 2.68. The first-order valence-corrected chi connectivity index (χ1v) is 5.17. The van der Waals surface area contributed by atoms with E-state index < -0.39 is 6.10 Å². The normalized spacial score (nSPS) is 25.2. The molecule has 0 spiro atoms. The zero-order valence-electron chi connectivity index (χ0n) is 8.29. The van der Waals surface area contributed by atoms with Crippen LogP contribution in [-0.4, -0.2) is 17.0 Å². The van der Waals surface area contributed by atoms with Gasteiger partial charge in [0.15, 0.2) is 0 Å². The lowest BCUT2D eigenvalue weighted by Crippen LogP contribution is -2.26. The molecule has 14 heavy (non-hydrogen) atoms. The van der Waals surface area contributed by atoms with Gasteiger partial charge in [-0.2, -0.15) is 0 Å². The van der Waals surface area contributed by atoms with E-state index in [0.29, 0.717) is 17.0 Å². The summed E-state index contributed by atoms with van der Waals surface area (Å²) in [7, 11) is 0. The first-order chi connectivity index (χ1) is 6.57. The first kappa shape index (κ1) is 11.5. The molecule has 1 N–H and O–H groups in total. The van der Waals surface area contributed by atoms with Crippen molar-refractivity contribution in [3.8, 4) is 0 Å². The number of aliphatic hydroxyl groups is 1. The zero-order valence-corrected chi connectivity index (χ0v) is 9.05. The Balaban J connectivity index is 2.77. The van der Waals surface area contributed by atoms with E-state index in [1.54, 1.807) is 13.0 Å². The van der Waals surface area contributed by atoms with E-state index in [1.165, 1.54) is 0 Å². The van der Waals surface area contributed by atoms with Crippen molar-refractivity contribution in [1.82, 2.24) is 0 Å². The smallest absolute Gasteiger partial charge is 0.138 e. The van der Waals surface area contributed by atoms with E-state index in [1.807, 2.05) is 0 Å². The number of carbonyl (C=O) groups excluding carboxylic acids is 1. The molecule has 0 aromatic carbocycles. The summed E-state index contributed by atoms with van der Waals surface area (Å²) in [4.78, 5) is 11.4. The lowest BCUT2D eigenvalue weighted by atomic mass is 9.93. The van der Waals surface area contributed by atoms with Crippen LogP contribution in [-0.2, 0) is 4.79 Å². The van der Waals surface area contributed by atoms with E-state index in [2.05, 4.69) is 6.58 Å². The molecular weight excluding hydrogens is 200 g/mol. The summed E-state index contributed by atoms with van der Waals surface area (Å²) >= 11 is 5.73. The van der Waals surface area contributed by atoms with Crippen molar-refractivity contribution in [2.75, 3.05) is 0 Å². The molecule has 1 fully saturated rings. The average molecular weight is 215 g/mol. The van der Waals surface area contributed by atoms with Crippen molar-refractivity contribution in [3.63, 3.8) is 0 Å². The van der Waals surface area contributed by atoms with Crippen LogP contribution in [0.1, 0.15) is 26.2 Å². The number of carbonyl (C=O) groups is 1. The van der Waals surface area contributed by atoms with Gasteiger partial charge < -0.3 is 5.11 Å². The molecule has 0 bridgehead atoms. The average Bonchev–Trinajstić information content (AvgIpc) is 2.51. The Labute approximate surface area is 89.3 Å². The summed E-state index contributed by atoms with van der Waals surface area (Å²) in [5.41, 5.74) is 0.576. The molecule has 1 aliphatic rings. The van der Waals surface area contributed by atoms with Gasteiger partial charge in [-0.3, -0.25) is 4.79 Å². The second-order valence-corrected chi connectivity index (χ2v) is 4.02. The third kappa shape index (κ3) is 2.25. The third-order valence-corrected chi connectivity index (χ3v) is 2.89. The first-order valence-electron chi connectivity index (χ1n) is 4.79. The Morgan fingerprint density at radius 3 is 2.79 bits per heavy atom. The Kier molecular flexibility index (Phi) is 3.90. The predicted molar refractivity (Wildman–Crippen MR) is 57.1 cm³/mol.